The molecule has 1 heteroatoms. The molecule has 1 unspecified atom stereocenters. The van der Waals surface area contributed by atoms with E-state index in [4.69, 9.17) is 5.26 Å². The highest BCUT2D eigenvalue weighted by atomic mass is 14.3. The normalized spacial score (nSPS) is 22.1. The Hall–Kier alpha value is -1.03. The van der Waals surface area contributed by atoms with Gasteiger partial charge in [-0.1, -0.05) is 37.5 Å². The lowest BCUT2D eigenvalue weighted by Gasteiger charge is -1.96. The number of unbranched alkanes of at least 4 members (excludes halogenated alkanes) is 5. The Morgan fingerprint density at radius 1 is 1.27 bits per heavy atom. The maximum absolute atomic E-state index is 8.27. The zero-order chi connectivity index (χ0) is 10.9. The molecule has 1 aliphatic rings. The average molecular weight is 203 g/mol. The van der Waals surface area contributed by atoms with Gasteiger partial charge in [-0.05, 0) is 38.0 Å². The quantitative estimate of drug-likeness (QED) is 0.342. The molecule has 0 bridgehead atoms. The first-order valence-corrected chi connectivity index (χ1v) is 6.08. The Labute approximate surface area is 93.5 Å². The van der Waals surface area contributed by atoms with Gasteiger partial charge in [0.05, 0.1) is 6.07 Å². The molecule has 0 aromatic rings. The van der Waals surface area contributed by atoms with Crippen LogP contribution in [0.1, 0.15) is 51.9 Å². The molecule has 0 radical (unpaired) electrons. The summed E-state index contributed by atoms with van der Waals surface area (Å²) < 4.78 is 0. The zero-order valence-corrected chi connectivity index (χ0v) is 9.71. The second-order valence-corrected chi connectivity index (χ2v) is 4.41. The van der Waals surface area contributed by atoms with Crippen LogP contribution in [-0.4, -0.2) is 0 Å². The van der Waals surface area contributed by atoms with Crippen LogP contribution in [0.4, 0.5) is 0 Å². The van der Waals surface area contributed by atoms with E-state index in [1.165, 1.54) is 38.5 Å². The molecule has 0 aromatic heterocycles. The molecule has 0 heterocycles. The molecule has 0 N–H and O–H groups in total. The van der Waals surface area contributed by atoms with Crippen molar-refractivity contribution in [3.8, 4) is 6.07 Å². The zero-order valence-electron chi connectivity index (χ0n) is 9.71. The lowest BCUT2D eigenvalue weighted by Crippen LogP contribution is -1.76. The molecule has 15 heavy (non-hydrogen) atoms. The second-order valence-electron chi connectivity index (χ2n) is 4.41. The Balaban J connectivity index is 1.82. The molecule has 1 nitrogen and oxygen atoms in total. The lowest BCUT2D eigenvalue weighted by molar-refractivity contribution is 0.652. The summed E-state index contributed by atoms with van der Waals surface area (Å²) >= 11 is 0. The van der Waals surface area contributed by atoms with E-state index >= 15 is 0 Å². The predicted molar refractivity (Wildman–Crippen MR) is 64.3 cm³/mol. The van der Waals surface area contributed by atoms with Gasteiger partial charge >= 0.3 is 0 Å². The molecule has 0 aliphatic heterocycles. The minimum absolute atomic E-state index is 0.890. The third-order valence-electron chi connectivity index (χ3n) is 2.94. The Kier molecular flexibility index (Phi) is 5.85. The largest absolute Gasteiger partial charge is 0.193 e. The number of allylic oxidation sites excluding steroid dienone is 4. The van der Waals surface area contributed by atoms with E-state index in [1.807, 2.05) is 12.1 Å². The summed E-state index contributed by atoms with van der Waals surface area (Å²) in [5.41, 5.74) is 1.67. The van der Waals surface area contributed by atoms with Crippen molar-refractivity contribution in [3.63, 3.8) is 0 Å². The third kappa shape index (κ3) is 6.12. The van der Waals surface area contributed by atoms with Crippen LogP contribution in [0.15, 0.2) is 23.8 Å². The summed E-state index contributed by atoms with van der Waals surface area (Å²) in [5.74, 6) is 0.890. The predicted octanol–water partition coefficient (Wildman–Crippen LogP) is 4.37. The smallest absolute Gasteiger partial charge is 0.0908 e. The van der Waals surface area contributed by atoms with Crippen LogP contribution in [0.2, 0.25) is 0 Å². The van der Waals surface area contributed by atoms with E-state index in [9.17, 15) is 0 Å². The number of hydrogen-bond acceptors (Lipinski definition) is 1. The van der Waals surface area contributed by atoms with E-state index in [2.05, 4.69) is 13.0 Å². The van der Waals surface area contributed by atoms with Gasteiger partial charge in [0.15, 0.2) is 0 Å². The van der Waals surface area contributed by atoms with Crippen LogP contribution in [-0.2, 0) is 0 Å². The van der Waals surface area contributed by atoms with Crippen LogP contribution in [0.5, 0.6) is 0 Å². The molecule has 0 spiro atoms. The van der Waals surface area contributed by atoms with Crippen molar-refractivity contribution in [2.45, 2.75) is 51.9 Å². The first kappa shape index (κ1) is 12.0. The van der Waals surface area contributed by atoms with Gasteiger partial charge in [-0.2, -0.15) is 5.26 Å². The summed E-state index contributed by atoms with van der Waals surface area (Å²) in [7, 11) is 0. The minimum Gasteiger partial charge on any atom is -0.193 e. The van der Waals surface area contributed by atoms with E-state index in [-0.39, 0.29) is 0 Å². The molecule has 1 fully saturated rings. The van der Waals surface area contributed by atoms with Crippen molar-refractivity contribution < 1.29 is 0 Å². The first-order chi connectivity index (χ1) is 7.34. The first-order valence-electron chi connectivity index (χ1n) is 6.08. The van der Waals surface area contributed by atoms with Gasteiger partial charge < -0.3 is 0 Å². The highest BCUT2D eigenvalue weighted by molar-refractivity contribution is 5.21. The van der Waals surface area contributed by atoms with Crippen LogP contribution in [0, 0.1) is 17.2 Å². The molecule has 1 saturated carbocycles. The lowest BCUT2D eigenvalue weighted by atomic mass is 10.1. The molecule has 1 aliphatic carbocycles. The summed E-state index contributed by atoms with van der Waals surface area (Å²) in [6.45, 7) is 2.30. The van der Waals surface area contributed by atoms with E-state index in [1.54, 1.807) is 11.6 Å². The third-order valence-corrected chi connectivity index (χ3v) is 2.94. The molecular weight excluding hydrogens is 182 g/mol. The Morgan fingerprint density at radius 2 is 1.93 bits per heavy atom. The molecule has 0 aromatic carbocycles. The van der Waals surface area contributed by atoms with Crippen molar-refractivity contribution in [1.82, 2.24) is 0 Å². The number of rotatable bonds is 7. The highest BCUT2D eigenvalue weighted by Gasteiger charge is 2.22. The van der Waals surface area contributed by atoms with Gasteiger partial charge in [-0.15, -0.1) is 0 Å². The van der Waals surface area contributed by atoms with Crippen LogP contribution >= 0.6 is 0 Å². The van der Waals surface area contributed by atoms with Crippen LogP contribution in [0.25, 0.3) is 0 Å². The summed E-state index contributed by atoms with van der Waals surface area (Å²) in [6, 6.07) is 2.01. The maximum atomic E-state index is 8.27. The van der Waals surface area contributed by atoms with Crippen molar-refractivity contribution >= 4 is 0 Å². The fraction of sp³-hybridized carbons (Fsp3) is 0.643. The number of nitriles is 1. The van der Waals surface area contributed by atoms with Crippen molar-refractivity contribution in [1.29, 1.82) is 5.26 Å². The summed E-state index contributed by atoms with van der Waals surface area (Å²) in [5, 5.41) is 8.27. The number of nitrogens with zero attached hydrogens (tertiary/aromatic N) is 1. The summed E-state index contributed by atoms with van der Waals surface area (Å²) in [6.07, 6.45) is 14.8. The van der Waals surface area contributed by atoms with E-state index in [0.717, 1.165) is 12.3 Å². The van der Waals surface area contributed by atoms with E-state index in [0.29, 0.717) is 0 Å². The van der Waals surface area contributed by atoms with Gasteiger partial charge in [-0.25, -0.2) is 0 Å². The standard InChI is InChI=1S/C14H21N/c1-13-12-14(13)10-8-6-4-2-3-5-7-9-11-15/h7,9-10,13H,2-6,8,12H2,1H3. The highest BCUT2D eigenvalue weighted by Crippen LogP contribution is 2.37. The monoisotopic (exact) mass is 203 g/mol. The van der Waals surface area contributed by atoms with Gasteiger partial charge in [0, 0.05) is 6.08 Å². The minimum atomic E-state index is 0.890. The fourth-order valence-corrected chi connectivity index (χ4v) is 1.76. The number of hydrogen-bond donors (Lipinski definition) is 0. The Morgan fingerprint density at radius 3 is 2.53 bits per heavy atom. The maximum Gasteiger partial charge on any atom is 0.0908 e. The Bertz CT molecular complexity index is 268. The molecule has 1 rings (SSSR count). The van der Waals surface area contributed by atoms with Crippen molar-refractivity contribution in [2.24, 2.45) is 5.92 Å². The molecule has 0 saturated heterocycles. The fourth-order valence-electron chi connectivity index (χ4n) is 1.76. The molecule has 1 atom stereocenters. The van der Waals surface area contributed by atoms with Gasteiger partial charge in [0.25, 0.3) is 0 Å². The van der Waals surface area contributed by atoms with Gasteiger partial charge in [0.2, 0.25) is 0 Å². The van der Waals surface area contributed by atoms with Crippen molar-refractivity contribution in [2.75, 3.05) is 0 Å². The van der Waals surface area contributed by atoms with Gasteiger partial charge in [0.1, 0.15) is 0 Å². The average Bonchev–Trinajstić information content (AvgIpc) is 2.92. The van der Waals surface area contributed by atoms with E-state index < -0.39 is 0 Å². The molecular formula is C14H21N. The van der Waals surface area contributed by atoms with Gasteiger partial charge in [-0.3, -0.25) is 0 Å². The SMILES string of the molecule is CC1CC1=CCCCCCCC=CC#N. The molecule has 0 amide bonds. The van der Waals surface area contributed by atoms with Crippen molar-refractivity contribution in [3.05, 3.63) is 23.8 Å². The summed E-state index contributed by atoms with van der Waals surface area (Å²) in [4.78, 5) is 0. The second kappa shape index (κ2) is 7.29. The molecule has 82 valence electrons. The van der Waals surface area contributed by atoms with Crippen LogP contribution in [0.3, 0.4) is 0 Å². The van der Waals surface area contributed by atoms with Crippen LogP contribution < -0.4 is 0 Å². The topological polar surface area (TPSA) is 23.8 Å².